The van der Waals surface area contributed by atoms with Crippen LogP contribution in [0.4, 0.5) is 5.82 Å². The van der Waals surface area contributed by atoms with E-state index in [1.165, 1.54) is 0 Å². The van der Waals surface area contributed by atoms with Gasteiger partial charge in [-0.2, -0.15) is 0 Å². The zero-order valence-electron chi connectivity index (χ0n) is 15.0. The number of aromatic nitrogens is 3. The van der Waals surface area contributed by atoms with Crippen LogP contribution in [0.1, 0.15) is 11.7 Å². The monoisotopic (exact) mass is 356 g/mol. The maximum absolute atomic E-state index is 5.67. The van der Waals surface area contributed by atoms with Crippen molar-refractivity contribution in [2.75, 3.05) is 19.0 Å². The summed E-state index contributed by atoms with van der Waals surface area (Å²) in [6.45, 7) is 0.605. The largest absolute Gasteiger partial charge is 0.375 e. The number of rotatable bonds is 6. The lowest BCUT2D eigenvalue weighted by atomic mass is 10.1. The van der Waals surface area contributed by atoms with Gasteiger partial charge in [-0.25, -0.2) is 9.97 Å². The molecule has 2 aromatic heterocycles. The molecular weight excluding hydrogens is 336 g/mol. The summed E-state index contributed by atoms with van der Waals surface area (Å²) in [7, 11) is 1.72. The molecule has 0 aliphatic heterocycles. The van der Waals surface area contributed by atoms with Gasteiger partial charge in [-0.05, 0) is 29.8 Å². The fourth-order valence-electron chi connectivity index (χ4n) is 3.03. The third-order valence-corrected chi connectivity index (χ3v) is 4.43. The number of nitrogens with one attached hydrogen (secondary N) is 1. The molecule has 0 aliphatic carbocycles. The molecule has 134 valence electrons. The molecule has 4 rings (SSSR count). The van der Waals surface area contributed by atoms with Gasteiger partial charge in [-0.3, -0.25) is 4.98 Å². The molecule has 0 bridgehead atoms. The van der Waals surface area contributed by atoms with Crippen LogP contribution in [0.15, 0.2) is 79.1 Å². The van der Waals surface area contributed by atoms with E-state index in [1.807, 2.05) is 54.6 Å². The number of hydrogen-bond donors (Lipinski definition) is 1. The van der Waals surface area contributed by atoms with Crippen LogP contribution in [0.2, 0.25) is 0 Å². The maximum atomic E-state index is 5.67. The molecule has 0 fully saturated rings. The van der Waals surface area contributed by atoms with E-state index in [0.29, 0.717) is 12.4 Å². The van der Waals surface area contributed by atoms with Crippen molar-refractivity contribution in [2.45, 2.75) is 6.10 Å². The van der Waals surface area contributed by atoms with Gasteiger partial charge in [0.1, 0.15) is 5.82 Å². The molecule has 2 heterocycles. The Labute approximate surface area is 158 Å². The van der Waals surface area contributed by atoms with Crippen LogP contribution in [0.3, 0.4) is 0 Å². The fraction of sp³-hybridized carbons (Fsp3) is 0.136. The first-order chi connectivity index (χ1) is 13.3. The standard InChI is InChI=1S/C22H20N4O/c1-27-20(16-8-3-2-4-9-16)15-24-22-18-11-5-6-12-19(18)25-21(26-22)17-10-7-13-23-14-17/h2-14,20H,15H2,1H3,(H,24,25,26)/t20-/m1/s1. The van der Waals surface area contributed by atoms with Gasteiger partial charge in [-0.15, -0.1) is 0 Å². The lowest BCUT2D eigenvalue weighted by Gasteiger charge is -2.18. The summed E-state index contributed by atoms with van der Waals surface area (Å²) in [4.78, 5) is 13.6. The Morgan fingerprint density at radius 1 is 0.926 bits per heavy atom. The first-order valence-electron chi connectivity index (χ1n) is 8.84. The third-order valence-electron chi connectivity index (χ3n) is 4.43. The smallest absolute Gasteiger partial charge is 0.163 e. The summed E-state index contributed by atoms with van der Waals surface area (Å²) in [5, 5.41) is 4.43. The predicted molar refractivity (Wildman–Crippen MR) is 107 cm³/mol. The van der Waals surface area contributed by atoms with Crippen LogP contribution in [0.5, 0.6) is 0 Å². The van der Waals surface area contributed by atoms with Crippen LogP contribution in [-0.2, 0) is 4.74 Å². The zero-order chi connectivity index (χ0) is 18.5. The van der Waals surface area contributed by atoms with Crippen molar-refractivity contribution >= 4 is 16.7 Å². The average Bonchev–Trinajstić information content (AvgIpc) is 2.75. The number of para-hydroxylation sites is 1. The zero-order valence-corrected chi connectivity index (χ0v) is 15.0. The highest BCUT2D eigenvalue weighted by molar-refractivity contribution is 5.90. The molecule has 5 nitrogen and oxygen atoms in total. The molecule has 4 aromatic rings. The summed E-state index contributed by atoms with van der Waals surface area (Å²) in [6.07, 6.45) is 3.45. The van der Waals surface area contributed by atoms with E-state index in [1.54, 1.807) is 19.5 Å². The molecule has 0 saturated carbocycles. The highest BCUT2D eigenvalue weighted by Gasteiger charge is 2.13. The molecule has 1 N–H and O–H groups in total. The second kappa shape index (κ2) is 7.93. The SMILES string of the molecule is CO[C@H](CNc1nc(-c2cccnc2)nc2ccccc12)c1ccccc1. The Kier molecular flexibility index (Phi) is 5.03. The Hall–Kier alpha value is -3.31. The van der Waals surface area contributed by atoms with Gasteiger partial charge in [0.15, 0.2) is 5.82 Å². The van der Waals surface area contributed by atoms with Gasteiger partial charge in [0, 0.05) is 37.0 Å². The lowest BCUT2D eigenvalue weighted by molar-refractivity contribution is 0.114. The van der Waals surface area contributed by atoms with E-state index in [4.69, 9.17) is 9.72 Å². The molecule has 27 heavy (non-hydrogen) atoms. The van der Waals surface area contributed by atoms with E-state index in [9.17, 15) is 0 Å². The van der Waals surface area contributed by atoms with E-state index in [2.05, 4.69) is 27.4 Å². The Morgan fingerprint density at radius 3 is 2.52 bits per heavy atom. The minimum absolute atomic E-state index is 0.0678. The number of fused-ring (bicyclic) bond motifs is 1. The molecule has 0 saturated heterocycles. The molecule has 1 atom stereocenters. The first kappa shape index (κ1) is 17.1. The summed E-state index contributed by atoms with van der Waals surface area (Å²) in [5.41, 5.74) is 2.90. The van der Waals surface area contributed by atoms with E-state index in [-0.39, 0.29) is 6.10 Å². The average molecular weight is 356 g/mol. The van der Waals surface area contributed by atoms with Crippen molar-refractivity contribution in [3.05, 3.63) is 84.7 Å². The normalized spacial score (nSPS) is 12.0. The molecule has 0 radical (unpaired) electrons. The van der Waals surface area contributed by atoms with E-state index in [0.717, 1.165) is 27.8 Å². The number of benzene rings is 2. The molecular formula is C22H20N4O. The van der Waals surface area contributed by atoms with Crippen LogP contribution in [0, 0.1) is 0 Å². The van der Waals surface area contributed by atoms with Gasteiger partial charge in [-0.1, -0.05) is 42.5 Å². The first-order valence-corrected chi connectivity index (χ1v) is 8.84. The van der Waals surface area contributed by atoms with Crippen molar-refractivity contribution in [1.29, 1.82) is 0 Å². The summed E-state index contributed by atoms with van der Waals surface area (Å²) >= 11 is 0. The van der Waals surface area contributed by atoms with Crippen LogP contribution in [0.25, 0.3) is 22.3 Å². The van der Waals surface area contributed by atoms with Gasteiger partial charge >= 0.3 is 0 Å². The highest BCUT2D eigenvalue weighted by Crippen LogP contribution is 2.25. The minimum Gasteiger partial charge on any atom is -0.375 e. The number of anilines is 1. The Morgan fingerprint density at radius 2 is 1.74 bits per heavy atom. The summed E-state index contributed by atoms with van der Waals surface area (Å²) in [6, 6.07) is 22.0. The lowest BCUT2D eigenvalue weighted by Crippen LogP contribution is -2.15. The van der Waals surface area contributed by atoms with Crippen molar-refractivity contribution in [1.82, 2.24) is 15.0 Å². The number of pyridine rings is 1. The number of hydrogen-bond acceptors (Lipinski definition) is 5. The number of methoxy groups -OCH3 is 1. The van der Waals surface area contributed by atoms with E-state index >= 15 is 0 Å². The second-order valence-corrected chi connectivity index (χ2v) is 6.17. The van der Waals surface area contributed by atoms with Crippen LogP contribution >= 0.6 is 0 Å². The van der Waals surface area contributed by atoms with Gasteiger partial charge in [0.05, 0.1) is 11.6 Å². The topological polar surface area (TPSA) is 59.9 Å². The maximum Gasteiger partial charge on any atom is 0.163 e. The molecule has 0 aliphatic rings. The van der Waals surface area contributed by atoms with Crippen molar-refractivity contribution in [3.63, 3.8) is 0 Å². The van der Waals surface area contributed by atoms with Crippen molar-refractivity contribution in [3.8, 4) is 11.4 Å². The molecule has 2 aromatic carbocycles. The molecule has 0 spiro atoms. The van der Waals surface area contributed by atoms with Gasteiger partial charge in [0.25, 0.3) is 0 Å². The van der Waals surface area contributed by atoms with Gasteiger partial charge < -0.3 is 10.1 Å². The van der Waals surface area contributed by atoms with E-state index < -0.39 is 0 Å². The number of ether oxygens (including phenoxy) is 1. The molecule has 0 amide bonds. The van der Waals surface area contributed by atoms with Crippen LogP contribution < -0.4 is 5.32 Å². The minimum atomic E-state index is -0.0678. The molecule has 0 unspecified atom stereocenters. The fourth-order valence-corrected chi connectivity index (χ4v) is 3.03. The summed E-state index contributed by atoms with van der Waals surface area (Å²) < 4.78 is 5.67. The predicted octanol–water partition coefficient (Wildman–Crippen LogP) is 4.49. The Balaban J connectivity index is 1.68. The summed E-state index contributed by atoms with van der Waals surface area (Å²) in [5.74, 6) is 1.44. The third kappa shape index (κ3) is 3.78. The quantitative estimate of drug-likeness (QED) is 0.551. The second-order valence-electron chi connectivity index (χ2n) is 6.17. The molecule has 5 heteroatoms. The van der Waals surface area contributed by atoms with Crippen molar-refractivity contribution in [2.24, 2.45) is 0 Å². The number of nitrogens with zero attached hydrogens (tertiary/aromatic N) is 3. The Bertz CT molecular complexity index is 1020. The van der Waals surface area contributed by atoms with Crippen LogP contribution in [-0.4, -0.2) is 28.6 Å². The highest BCUT2D eigenvalue weighted by atomic mass is 16.5. The van der Waals surface area contributed by atoms with Gasteiger partial charge in [0.2, 0.25) is 0 Å². The van der Waals surface area contributed by atoms with Crippen molar-refractivity contribution < 1.29 is 4.74 Å².